The number of Topliss-reactive ketones (excluding diaryl/α,β-unsaturated/α-hetero) is 1. The molecule has 7 fully saturated rings. The Morgan fingerprint density at radius 2 is 1.65 bits per heavy atom. The second-order valence-electron chi connectivity index (χ2n) is 14.2. The van der Waals surface area contributed by atoms with Crippen LogP contribution in [0.4, 0.5) is 0 Å². The van der Waals surface area contributed by atoms with E-state index in [1.54, 1.807) is 0 Å². The van der Waals surface area contributed by atoms with Crippen LogP contribution in [0.25, 0.3) is 0 Å². The first-order valence-electron chi connectivity index (χ1n) is 14.2. The Morgan fingerprint density at radius 1 is 0.971 bits per heavy atom. The molecule has 5 heteroatoms. The summed E-state index contributed by atoms with van der Waals surface area (Å²) in [6, 6.07) is 0. The third-order valence-electron chi connectivity index (χ3n) is 12.5. The normalized spacial score (nSPS) is 55.3. The van der Waals surface area contributed by atoms with E-state index >= 15 is 0 Å². The van der Waals surface area contributed by atoms with Gasteiger partial charge in [-0.2, -0.15) is 0 Å². The predicted octanol–water partition coefficient (Wildman–Crippen LogP) is 5.72. The molecule has 0 radical (unpaired) electrons. The van der Waals surface area contributed by atoms with Crippen LogP contribution in [0.1, 0.15) is 90.9 Å². The van der Waals surface area contributed by atoms with Gasteiger partial charge in [-0.25, -0.2) is 0 Å². The summed E-state index contributed by atoms with van der Waals surface area (Å²) in [4.78, 5) is 31.2. The van der Waals surface area contributed by atoms with E-state index in [-0.39, 0.29) is 27.1 Å². The maximum Gasteiger partial charge on any atom is 0.224 e. The Balaban J connectivity index is 1.12. The van der Waals surface area contributed by atoms with Crippen LogP contribution in [0.15, 0.2) is 4.99 Å². The number of carbonyl (C=O) groups excluding carboxylic acids is 2. The van der Waals surface area contributed by atoms with E-state index in [4.69, 9.17) is 4.99 Å². The number of aliphatic imine (C=N–C) groups is 1. The van der Waals surface area contributed by atoms with Crippen molar-refractivity contribution in [3.8, 4) is 0 Å². The van der Waals surface area contributed by atoms with E-state index in [1.165, 1.54) is 51.4 Å². The molecule has 0 aromatic rings. The van der Waals surface area contributed by atoms with Gasteiger partial charge in [0.05, 0.1) is 0 Å². The maximum absolute atomic E-state index is 13.9. The van der Waals surface area contributed by atoms with E-state index in [1.807, 2.05) is 0 Å². The number of rotatable bonds is 2. The zero-order valence-electron chi connectivity index (χ0n) is 21.0. The third-order valence-corrected chi connectivity index (χ3v) is 13.4. The second kappa shape index (κ2) is 7.42. The first kappa shape index (κ1) is 22.5. The van der Waals surface area contributed by atoms with E-state index in [2.05, 4.69) is 35.1 Å². The van der Waals surface area contributed by atoms with Crippen molar-refractivity contribution < 1.29 is 9.59 Å². The molecular weight excluding hydrogens is 488 g/mol. The van der Waals surface area contributed by atoms with Crippen LogP contribution in [0.5, 0.6) is 0 Å². The molecule has 4 unspecified atom stereocenters. The Labute approximate surface area is 213 Å². The van der Waals surface area contributed by atoms with Crippen LogP contribution in [0, 0.1) is 52.3 Å². The number of hydrogen-bond donors (Lipinski definition) is 1. The Kier molecular flexibility index (Phi) is 4.90. The third kappa shape index (κ3) is 3.03. The summed E-state index contributed by atoms with van der Waals surface area (Å²) >= 11 is 3.68. The minimum Gasteiger partial charge on any atom is -0.350 e. The molecular formula is C29H41BrN2O2. The highest BCUT2D eigenvalue weighted by atomic mass is 79.9. The summed E-state index contributed by atoms with van der Waals surface area (Å²) in [6.45, 7) is 5.69. The van der Waals surface area contributed by atoms with Crippen LogP contribution < -0.4 is 5.32 Å². The van der Waals surface area contributed by atoms with E-state index in [0.717, 1.165) is 49.3 Å². The quantitative estimate of drug-likeness (QED) is 0.466. The Hall–Kier alpha value is -0.710. The largest absolute Gasteiger partial charge is 0.350 e. The Bertz CT molecular complexity index is 924. The van der Waals surface area contributed by atoms with Gasteiger partial charge in [-0.15, -0.1) is 0 Å². The molecule has 8 aliphatic rings. The molecule has 1 aliphatic heterocycles. The van der Waals surface area contributed by atoms with Crippen molar-refractivity contribution in [3.05, 3.63) is 0 Å². The monoisotopic (exact) mass is 528 g/mol. The fourth-order valence-corrected chi connectivity index (χ4v) is 12.2. The molecule has 1 N–H and O–H groups in total. The highest BCUT2D eigenvalue weighted by Crippen LogP contribution is 2.64. The number of fused-ring (bicyclic) bond motifs is 5. The van der Waals surface area contributed by atoms with Gasteiger partial charge < -0.3 is 5.32 Å². The summed E-state index contributed by atoms with van der Waals surface area (Å²) in [5.74, 6) is 5.22. The minimum atomic E-state index is -0.178. The second-order valence-corrected chi connectivity index (χ2v) is 15.1. The summed E-state index contributed by atoms with van der Waals surface area (Å²) in [7, 11) is 0. The SMILES string of the molecule is C[C@]12CCC(=O)C(Br)C1=NCC1C2CC[C@@]2(C)C1CC[C@@H]2C(=O)NC12CC3CC(CC(C3)C1)C2. The molecule has 186 valence electrons. The molecule has 0 aromatic carbocycles. The molecule has 0 saturated heterocycles. The molecule has 4 nitrogen and oxygen atoms in total. The molecule has 0 aromatic heterocycles. The predicted molar refractivity (Wildman–Crippen MR) is 137 cm³/mol. The Morgan fingerprint density at radius 3 is 2.32 bits per heavy atom. The van der Waals surface area contributed by atoms with E-state index in [9.17, 15) is 9.59 Å². The molecule has 4 bridgehead atoms. The van der Waals surface area contributed by atoms with Crippen molar-refractivity contribution in [2.45, 2.75) is 101 Å². The van der Waals surface area contributed by atoms with Crippen molar-refractivity contribution >= 4 is 33.3 Å². The van der Waals surface area contributed by atoms with Crippen LogP contribution >= 0.6 is 15.9 Å². The lowest BCUT2D eigenvalue weighted by Crippen LogP contribution is -2.62. The van der Waals surface area contributed by atoms with Gasteiger partial charge in [0.2, 0.25) is 5.91 Å². The van der Waals surface area contributed by atoms with Crippen molar-refractivity contribution in [1.82, 2.24) is 5.32 Å². The van der Waals surface area contributed by atoms with Crippen molar-refractivity contribution in [2.75, 3.05) is 6.54 Å². The number of nitrogens with zero attached hydrogens (tertiary/aromatic N) is 1. The van der Waals surface area contributed by atoms with Crippen LogP contribution in [0.3, 0.4) is 0 Å². The average Bonchev–Trinajstić information content (AvgIpc) is 3.13. The van der Waals surface area contributed by atoms with Crippen molar-refractivity contribution in [2.24, 2.45) is 57.2 Å². The number of alkyl halides is 1. The maximum atomic E-state index is 13.9. The lowest BCUT2D eigenvalue weighted by Gasteiger charge is -2.58. The zero-order valence-corrected chi connectivity index (χ0v) is 22.5. The smallest absolute Gasteiger partial charge is 0.224 e. The highest BCUT2D eigenvalue weighted by Gasteiger charge is 2.62. The van der Waals surface area contributed by atoms with Crippen LogP contribution in [-0.4, -0.2) is 34.3 Å². The molecule has 1 amide bonds. The topological polar surface area (TPSA) is 58.5 Å². The number of nitrogens with one attached hydrogen (secondary N) is 1. The van der Waals surface area contributed by atoms with E-state index < -0.39 is 0 Å². The van der Waals surface area contributed by atoms with Crippen LogP contribution in [-0.2, 0) is 9.59 Å². The lowest BCUT2D eigenvalue weighted by molar-refractivity contribution is -0.137. The van der Waals surface area contributed by atoms with Crippen molar-refractivity contribution in [3.63, 3.8) is 0 Å². The fraction of sp³-hybridized carbons (Fsp3) is 0.897. The van der Waals surface area contributed by atoms with E-state index in [0.29, 0.717) is 35.9 Å². The standard InChI is InChI=1S/C29H41BrN2O2/c1-27-7-5-21-19(15-31-25-24(30)23(33)6-8-28(21,25)2)20(27)3-4-22(27)26(34)32-29-12-16-9-17(13-29)11-18(10-16)14-29/h16-22,24H,3-15H2,1-2H3,(H,32,34)/t16?,17?,18?,19?,20?,21?,22-,24?,27+,28-,29?/m1/s1. The molecule has 0 spiro atoms. The molecule has 7 aliphatic carbocycles. The van der Waals surface area contributed by atoms with Gasteiger partial charge in [-0.05, 0) is 112 Å². The molecule has 1 heterocycles. The van der Waals surface area contributed by atoms with Gasteiger partial charge >= 0.3 is 0 Å². The van der Waals surface area contributed by atoms with Gasteiger partial charge in [0.25, 0.3) is 0 Å². The molecule has 34 heavy (non-hydrogen) atoms. The highest BCUT2D eigenvalue weighted by molar-refractivity contribution is 9.10. The number of carbonyl (C=O) groups is 2. The zero-order chi connectivity index (χ0) is 23.5. The molecule has 7 saturated carbocycles. The molecule has 7 atom stereocenters. The summed E-state index contributed by atoms with van der Waals surface area (Å²) in [6.07, 6.45) is 14.2. The minimum absolute atomic E-state index is 0.0475. The van der Waals surface area contributed by atoms with Gasteiger partial charge in [0, 0.05) is 35.5 Å². The summed E-state index contributed by atoms with van der Waals surface area (Å²) in [5.41, 5.74) is 1.40. The molecule has 8 rings (SSSR count). The van der Waals surface area contributed by atoms with Gasteiger partial charge in [-0.1, -0.05) is 29.8 Å². The fourth-order valence-electron chi connectivity index (χ4n) is 11.3. The number of ketones is 1. The number of halogens is 1. The van der Waals surface area contributed by atoms with Gasteiger partial charge in [0.1, 0.15) is 4.83 Å². The lowest BCUT2D eigenvalue weighted by atomic mass is 9.49. The number of amides is 1. The summed E-state index contributed by atoms with van der Waals surface area (Å²) < 4.78 is 0. The summed E-state index contributed by atoms with van der Waals surface area (Å²) in [5, 5.41) is 3.75. The average molecular weight is 530 g/mol. The first-order chi connectivity index (χ1) is 16.2. The van der Waals surface area contributed by atoms with Gasteiger partial charge in [-0.3, -0.25) is 14.6 Å². The number of hydrogen-bond acceptors (Lipinski definition) is 3. The van der Waals surface area contributed by atoms with Crippen molar-refractivity contribution in [1.29, 1.82) is 0 Å². The first-order valence-corrected chi connectivity index (χ1v) is 15.2. The van der Waals surface area contributed by atoms with Crippen LogP contribution in [0.2, 0.25) is 0 Å². The van der Waals surface area contributed by atoms with Gasteiger partial charge in [0.15, 0.2) is 5.78 Å².